The predicted molar refractivity (Wildman–Crippen MR) is 132 cm³/mol. The standard InChI is InChI=1S/C25H27BrN4O/c1-6-16(2)29-15-17(19-9-7-8-10-22(19)29)14-27-30-23(31)20-13-18(26)11-12-21(20)28-24(30)25(3,4)5/h7-16H,6H2,1-5H3/t16-/m1/s1. The molecule has 0 spiro atoms. The fraction of sp³-hybridized carbons (Fsp3) is 0.320. The highest BCUT2D eigenvalue weighted by molar-refractivity contribution is 9.10. The predicted octanol–water partition coefficient (Wildman–Crippen LogP) is 6.26. The molecule has 0 N–H and O–H groups in total. The fourth-order valence-electron chi connectivity index (χ4n) is 3.76. The summed E-state index contributed by atoms with van der Waals surface area (Å²) in [6, 6.07) is 14.2. The monoisotopic (exact) mass is 478 g/mol. The quantitative estimate of drug-likeness (QED) is 0.324. The number of halogens is 1. The molecule has 4 aromatic rings. The number of benzene rings is 2. The molecule has 6 heteroatoms. The van der Waals surface area contributed by atoms with Crippen LogP contribution in [0.5, 0.6) is 0 Å². The average molecular weight is 479 g/mol. The van der Waals surface area contributed by atoms with Gasteiger partial charge in [-0.2, -0.15) is 9.78 Å². The van der Waals surface area contributed by atoms with Crippen molar-refractivity contribution >= 4 is 44.0 Å². The van der Waals surface area contributed by atoms with Crippen molar-refractivity contribution in [3.05, 3.63) is 74.9 Å². The summed E-state index contributed by atoms with van der Waals surface area (Å²) in [4.78, 5) is 18.2. The molecule has 0 saturated carbocycles. The van der Waals surface area contributed by atoms with Gasteiger partial charge in [0.05, 0.1) is 17.1 Å². The molecule has 0 aliphatic carbocycles. The molecule has 0 unspecified atom stereocenters. The number of hydrogen-bond acceptors (Lipinski definition) is 3. The summed E-state index contributed by atoms with van der Waals surface area (Å²) in [6.07, 6.45) is 4.94. The lowest BCUT2D eigenvalue weighted by molar-refractivity contribution is 0.506. The van der Waals surface area contributed by atoms with Crippen LogP contribution in [0.3, 0.4) is 0 Å². The molecule has 0 saturated heterocycles. The number of fused-ring (bicyclic) bond motifs is 2. The van der Waals surface area contributed by atoms with Crippen molar-refractivity contribution in [1.29, 1.82) is 0 Å². The van der Waals surface area contributed by atoms with E-state index in [0.29, 0.717) is 22.8 Å². The minimum absolute atomic E-state index is 0.168. The molecule has 0 fully saturated rings. The number of nitrogens with zero attached hydrogens (tertiary/aromatic N) is 4. The maximum absolute atomic E-state index is 13.4. The molecule has 2 heterocycles. The largest absolute Gasteiger partial charge is 0.344 e. The van der Waals surface area contributed by atoms with E-state index in [1.54, 1.807) is 12.3 Å². The Bertz CT molecular complexity index is 1360. The van der Waals surface area contributed by atoms with E-state index in [1.807, 2.05) is 39.0 Å². The van der Waals surface area contributed by atoms with Crippen LogP contribution in [0.25, 0.3) is 21.8 Å². The SMILES string of the molecule is CC[C@@H](C)n1cc(C=Nn2c(C(C)(C)C)nc3ccc(Br)cc3c2=O)c2ccccc21. The van der Waals surface area contributed by atoms with Crippen molar-refractivity contribution in [3.63, 3.8) is 0 Å². The van der Waals surface area contributed by atoms with Gasteiger partial charge in [-0.15, -0.1) is 0 Å². The van der Waals surface area contributed by atoms with Gasteiger partial charge in [-0.05, 0) is 37.6 Å². The van der Waals surface area contributed by atoms with Gasteiger partial charge in [0, 0.05) is 38.6 Å². The Kier molecular flexibility index (Phi) is 5.60. The third-order valence-corrected chi connectivity index (χ3v) is 6.12. The van der Waals surface area contributed by atoms with Crippen molar-refractivity contribution in [2.24, 2.45) is 5.10 Å². The van der Waals surface area contributed by atoms with E-state index in [-0.39, 0.29) is 11.0 Å². The smallest absolute Gasteiger partial charge is 0.282 e. The van der Waals surface area contributed by atoms with Crippen LogP contribution in [0.1, 0.15) is 58.5 Å². The molecular weight excluding hydrogens is 452 g/mol. The third-order valence-electron chi connectivity index (χ3n) is 5.63. The molecule has 31 heavy (non-hydrogen) atoms. The molecule has 1 atom stereocenters. The zero-order valence-electron chi connectivity index (χ0n) is 18.6. The Morgan fingerprint density at radius 1 is 1.16 bits per heavy atom. The van der Waals surface area contributed by atoms with Gasteiger partial charge in [-0.25, -0.2) is 4.98 Å². The highest BCUT2D eigenvalue weighted by atomic mass is 79.9. The van der Waals surface area contributed by atoms with Gasteiger partial charge < -0.3 is 4.57 Å². The second kappa shape index (κ2) is 8.08. The van der Waals surface area contributed by atoms with Gasteiger partial charge in [-0.1, -0.05) is 61.8 Å². The normalized spacial score (nSPS) is 13.5. The molecule has 2 aromatic heterocycles. The van der Waals surface area contributed by atoms with E-state index in [1.165, 1.54) is 10.2 Å². The first-order chi connectivity index (χ1) is 14.7. The molecular formula is C25H27BrN4O. The van der Waals surface area contributed by atoms with Crippen LogP contribution in [0.15, 0.2) is 63.0 Å². The summed E-state index contributed by atoms with van der Waals surface area (Å²) in [6.45, 7) is 10.5. The Morgan fingerprint density at radius 2 is 1.90 bits per heavy atom. The van der Waals surface area contributed by atoms with Crippen LogP contribution in [-0.2, 0) is 5.41 Å². The molecule has 5 nitrogen and oxygen atoms in total. The van der Waals surface area contributed by atoms with E-state index in [9.17, 15) is 4.79 Å². The molecule has 0 radical (unpaired) electrons. The first-order valence-corrected chi connectivity index (χ1v) is 11.4. The van der Waals surface area contributed by atoms with E-state index in [2.05, 4.69) is 63.8 Å². The lowest BCUT2D eigenvalue weighted by Crippen LogP contribution is -2.29. The van der Waals surface area contributed by atoms with Gasteiger partial charge in [0.2, 0.25) is 0 Å². The van der Waals surface area contributed by atoms with Gasteiger partial charge in [0.25, 0.3) is 5.56 Å². The first kappa shape index (κ1) is 21.5. The number of aromatic nitrogens is 3. The summed E-state index contributed by atoms with van der Waals surface area (Å²) < 4.78 is 4.57. The van der Waals surface area contributed by atoms with Crippen molar-refractivity contribution in [2.75, 3.05) is 0 Å². The van der Waals surface area contributed by atoms with Crippen LogP contribution < -0.4 is 5.56 Å². The molecule has 0 aliphatic heterocycles. The van der Waals surface area contributed by atoms with Crippen molar-refractivity contribution in [3.8, 4) is 0 Å². The lowest BCUT2D eigenvalue weighted by Gasteiger charge is -2.20. The van der Waals surface area contributed by atoms with E-state index in [0.717, 1.165) is 21.8 Å². The molecule has 0 amide bonds. The summed E-state index contributed by atoms with van der Waals surface area (Å²) >= 11 is 3.46. The van der Waals surface area contributed by atoms with Crippen LogP contribution in [0, 0.1) is 0 Å². The van der Waals surface area contributed by atoms with Crippen molar-refractivity contribution in [2.45, 2.75) is 52.5 Å². The Morgan fingerprint density at radius 3 is 2.61 bits per heavy atom. The first-order valence-electron chi connectivity index (χ1n) is 10.6. The third kappa shape index (κ3) is 3.97. The summed E-state index contributed by atoms with van der Waals surface area (Å²) in [7, 11) is 0. The van der Waals surface area contributed by atoms with Gasteiger partial charge >= 0.3 is 0 Å². The second-order valence-corrected chi connectivity index (χ2v) is 9.89. The van der Waals surface area contributed by atoms with Crippen LogP contribution in [0.2, 0.25) is 0 Å². The fourth-order valence-corrected chi connectivity index (χ4v) is 4.12. The highest BCUT2D eigenvalue weighted by Gasteiger charge is 2.23. The number of rotatable bonds is 4. The van der Waals surface area contributed by atoms with Crippen LogP contribution >= 0.6 is 15.9 Å². The number of para-hydroxylation sites is 1. The molecule has 160 valence electrons. The maximum Gasteiger partial charge on any atom is 0.282 e. The molecule has 0 aliphatic rings. The zero-order chi connectivity index (χ0) is 22.3. The summed E-state index contributed by atoms with van der Waals surface area (Å²) in [5.41, 5.74) is 2.32. The van der Waals surface area contributed by atoms with Gasteiger partial charge in [0.1, 0.15) is 5.82 Å². The van der Waals surface area contributed by atoms with Gasteiger partial charge in [-0.3, -0.25) is 4.79 Å². The van der Waals surface area contributed by atoms with Gasteiger partial charge in [0.15, 0.2) is 0 Å². The van der Waals surface area contributed by atoms with Crippen LogP contribution in [-0.4, -0.2) is 20.4 Å². The second-order valence-electron chi connectivity index (χ2n) is 8.97. The molecule has 4 rings (SSSR count). The lowest BCUT2D eigenvalue weighted by atomic mass is 9.95. The zero-order valence-corrected chi connectivity index (χ0v) is 20.1. The Labute approximate surface area is 190 Å². The van der Waals surface area contributed by atoms with E-state index >= 15 is 0 Å². The topological polar surface area (TPSA) is 52.2 Å². The Hall–Kier alpha value is -2.73. The summed E-state index contributed by atoms with van der Waals surface area (Å²) in [5, 5.41) is 6.32. The highest BCUT2D eigenvalue weighted by Crippen LogP contribution is 2.26. The molecule has 0 bridgehead atoms. The van der Waals surface area contributed by atoms with Crippen molar-refractivity contribution < 1.29 is 0 Å². The van der Waals surface area contributed by atoms with Crippen LogP contribution in [0.4, 0.5) is 0 Å². The van der Waals surface area contributed by atoms with Crippen molar-refractivity contribution in [1.82, 2.24) is 14.2 Å². The van der Waals surface area contributed by atoms with E-state index < -0.39 is 0 Å². The minimum Gasteiger partial charge on any atom is -0.344 e. The molecule has 2 aromatic carbocycles. The maximum atomic E-state index is 13.4. The summed E-state index contributed by atoms with van der Waals surface area (Å²) in [5.74, 6) is 0.634. The Balaban J connectivity index is 1.93. The minimum atomic E-state index is -0.345. The number of hydrogen-bond donors (Lipinski definition) is 0. The van der Waals surface area contributed by atoms with E-state index in [4.69, 9.17) is 4.98 Å². The average Bonchev–Trinajstić information content (AvgIpc) is 3.11.